The van der Waals surface area contributed by atoms with Crippen molar-refractivity contribution in [2.45, 2.75) is 0 Å². The fraction of sp³-hybridized carbons (Fsp3) is 0. The molecule has 21 rings (SSSR count). The molecule has 0 fully saturated rings. The van der Waals surface area contributed by atoms with Gasteiger partial charge in [0, 0.05) is 34.1 Å². The summed E-state index contributed by atoms with van der Waals surface area (Å²) in [5, 5.41) is 9.97. The van der Waals surface area contributed by atoms with E-state index in [1.54, 1.807) is 0 Å². The summed E-state index contributed by atoms with van der Waals surface area (Å²) >= 11 is 0. The second-order valence-corrected chi connectivity index (χ2v) is 30.8. The molecule has 0 aliphatic carbocycles. The molecule has 120 heavy (non-hydrogen) atoms. The molecule has 0 heterocycles. The summed E-state index contributed by atoms with van der Waals surface area (Å²) in [5.41, 5.74) is 33.1. The van der Waals surface area contributed by atoms with E-state index in [1.165, 1.54) is 165 Å². The van der Waals surface area contributed by atoms with Crippen molar-refractivity contribution >= 4 is 77.2 Å². The Balaban J connectivity index is 0.000000154. The van der Waals surface area contributed by atoms with E-state index in [4.69, 9.17) is 0 Å². The highest BCUT2D eigenvalue weighted by Crippen LogP contribution is 2.43. The SMILES string of the molecule is c1ccc(-c2ccc(N(c3ccc(-c4cccc(-c5ccccc5)c4)cc3)c3ccc(-c4ccc5ccc(-c6ccc7ccccc7c6)cc5c4)cc3)cc2)cc1.c1ccc(-c2cccc(-c3ccc(N(c4ccc(-c5cccc(-c6ccccc6)c5)cc4)c4ccc(-c5ccc6ccc(-c7ccc8ccccc8c7)cc6c5)cc4)cc3)c2)cc1. The number of fused-ring (bicyclic) bond motifs is 4. The zero-order valence-corrected chi connectivity index (χ0v) is 66.2. The third kappa shape index (κ3) is 15.7. The van der Waals surface area contributed by atoms with Gasteiger partial charge in [0.05, 0.1) is 0 Å². The van der Waals surface area contributed by atoms with E-state index in [1.807, 2.05) is 0 Å². The molecule has 2 heteroatoms. The van der Waals surface area contributed by atoms with Gasteiger partial charge in [-0.15, -0.1) is 0 Å². The van der Waals surface area contributed by atoms with E-state index in [9.17, 15) is 0 Å². The minimum Gasteiger partial charge on any atom is -0.311 e. The number of rotatable bonds is 17. The molecule has 0 saturated heterocycles. The molecule has 0 bridgehead atoms. The molecule has 0 saturated carbocycles. The van der Waals surface area contributed by atoms with Gasteiger partial charge in [-0.2, -0.15) is 0 Å². The summed E-state index contributed by atoms with van der Waals surface area (Å²) in [7, 11) is 0. The van der Waals surface area contributed by atoms with Crippen LogP contribution in [0.3, 0.4) is 0 Å². The first-order valence-corrected chi connectivity index (χ1v) is 41.2. The van der Waals surface area contributed by atoms with Gasteiger partial charge >= 0.3 is 0 Å². The summed E-state index contributed by atoms with van der Waals surface area (Å²) in [6, 6.07) is 180. The molecule has 0 aliphatic rings. The van der Waals surface area contributed by atoms with Crippen LogP contribution in [-0.4, -0.2) is 0 Å². The normalized spacial score (nSPS) is 11.2. The second-order valence-electron chi connectivity index (χ2n) is 30.8. The maximum atomic E-state index is 2.36. The molecule has 21 aromatic rings. The minimum absolute atomic E-state index is 1.09. The number of anilines is 6. The van der Waals surface area contributed by atoms with Gasteiger partial charge in [-0.05, 0) is 293 Å². The maximum Gasteiger partial charge on any atom is 0.0462 e. The molecule has 2 nitrogen and oxygen atoms in total. The summed E-state index contributed by atoms with van der Waals surface area (Å²) in [6.07, 6.45) is 0. The first kappa shape index (κ1) is 73.2. The zero-order chi connectivity index (χ0) is 79.9. The highest BCUT2D eigenvalue weighted by Gasteiger charge is 2.19. The lowest BCUT2D eigenvalue weighted by Crippen LogP contribution is -2.09. The quantitative estimate of drug-likeness (QED) is 0.0896. The predicted octanol–water partition coefficient (Wildman–Crippen LogP) is 33.3. The van der Waals surface area contributed by atoms with Crippen LogP contribution < -0.4 is 9.80 Å². The lowest BCUT2D eigenvalue weighted by Gasteiger charge is -2.26. The summed E-state index contributed by atoms with van der Waals surface area (Å²) in [5.74, 6) is 0. The van der Waals surface area contributed by atoms with E-state index in [-0.39, 0.29) is 0 Å². The molecule has 0 aromatic heterocycles. The molecular formula is C118H82N2. The van der Waals surface area contributed by atoms with Crippen molar-refractivity contribution in [3.05, 3.63) is 497 Å². The van der Waals surface area contributed by atoms with Crippen LogP contribution in [0.2, 0.25) is 0 Å². The third-order valence-corrected chi connectivity index (χ3v) is 23.3. The van der Waals surface area contributed by atoms with Gasteiger partial charge in [-0.25, -0.2) is 0 Å². The Labute approximate surface area is 702 Å². The van der Waals surface area contributed by atoms with Gasteiger partial charge in [0.2, 0.25) is 0 Å². The first-order valence-electron chi connectivity index (χ1n) is 41.2. The summed E-state index contributed by atoms with van der Waals surface area (Å²) in [4.78, 5) is 4.70. The largest absolute Gasteiger partial charge is 0.311 e. The van der Waals surface area contributed by atoms with Gasteiger partial charge < -0.3 is 9.80 Å². The summed E-state index contributed by atoms with van der Waals surface area (Å²) in [6.45, 7) is 0. The van der Waals surface area contributed by atoms with E-state index < -0.39 is 0 Å². The zero-order valence-electron chi connectivity index (χ0n) is 66.2. The van der Waals surface area contributed by atoms with Crippen molar-refractivity contribution in [2.75, 3.05) is 9.80 Å². The lowest BCUT2D eigenvalue weighted by molar-refractivity contribution is 1.28. The van der Waals surface area contributed by atoms with Crippen LogP contribution in [0.5, 0.6) is 0 Å². The molecule has 21 aromatic carbocycles. The van der Waals surface area contributed by atoms with Crippen LogP contribution in [-0.2, 0) is 0 Å². The molecule has 0 N–H and O–H groups in total. The van der Waals surface area contributed by atoms with E-state index in [2.05, 4.69) is 507 Å². The van der Waals surface area contributed by atoms with Crippen molar-refractivity contribution in [1.82, 2.24) is 0 Å². The Morgan fingerprint density at radius 3 is 0.458 bits per heavy atom. The monoisotopic (exact) mass is 1530 g/mol. The smallest absolute Gasteiger partial charge is 0.0462 e. The summed E-state index contributed by atoms with van der Waals surface area (Å²) < 4.78 is 0. The molecule has 0 spiro atoms. The lowest BCUT2D eigenvalue weighted by atomic mass is 9.96. The van der Waals surface area contributed by atoms with Crippen molar-refractivity contribution in [2.24, 2.45) is 0 Å². The van der Waals surface area contributed by atoms with Crippen molar-refractivity contribution in [1.29, 1.82) is 0 Å². The Kier molecular flexibility index (Phi) is 20.3. The van der Waals surface area contributed by atoms with Gasteiger partial charge in [-0.3, -0.25) is 0 Å². The molecular weight excluding hydrogens is 1450 g/mol. The average Bonchev–Trinajstić information content (AvgIpc) is 0.779. The predicted molar refractivity (Wildman–Crippen MR) is 512 cm³/mol. The van der Waals surface area contributed by atoms with Crippen molar-refractivity contribution < 1.29 is 0 Å². The molecule has 0 aliphatic heterocycles. The Morgan fingerprint density at radius 2 is 0.225 bits per heavy atom. The number of nitrogens with zero attached hydrogens (tertiary/aromatic N) is 2. The van der Waals surface area contributed by atoms with Crippen LogP contribution in [0.1, 0.15) is 0 Å². The fourth-order valence-corrected chi connectivity index (χ4v) is 16.8. The molecule has 0 unspecified atom stereocenters. The molecule has 0 amide bonds. The first-order chi connectivity index (χ1) is 59.4. The standard InChI is InChI=1S/C62H43N.C56H39N/c1-3-11-44(12-4-1)52-17-9-19-54(39-52)47-27-33-60(34-28-47)63(61-35-29-48(30-36-61)55-20-10-18-53(40-55)45-13-5-2-6-14-45)62-37-31-49(32-38-62)56-24-22-50-23-26-58(43-59(50)42-56)57-25-21-46-15-7-8-16-51(46)41-57;1-3-10-40(11-4-1)43-24-30-54(31-25-43)57(55-32-26-44(27-33-55)49-17-9-16-48(36-49)41-12-5-2-6-13-41)56-34-28-45(29-35-56)50-21-19-46-20-23-52(39-53(46)38-50)51-22-18-42-14-7-8-15-47(42)37-51/h1-43H;1-39H. The topological polar surface area (TPSA) is 6.48 Å². The van der Waals surface area contributed by atoms with Crippen LogP contribution in [0.25, 0.3) is 165 Å². The number of hydrogen-bond acceptors (Lipinski definition) is 2. The Bertz CT molecular complexity index is 7060. The van der Waals surface area contributed by atoms with E-state index in [0.717, 1.165) is 34.1 Å². The van der Waals surface area contributed by atoms with Gasteiger partial charge in [-0.1, -0.05) is 370 Å². The molecule has 0 atom stereocenters. The molecule has 564 valence electrons. The van der Waals surface area contributed by atoms with E-state index in [0.29, 0.717) is 0 Å². The van der Waals surface area contributed by atoms with Gasteiger partial charge in [0.15, 0.2) is 0 Å². The number of benzene rings is 21. The Hall–Kier alpha value is -15.7. The van der Waals surface area contributed by atoms with Crippen LogP contribution in [0, 0.1) is 0 Å². The van der Waals surface area contributed by atoms with Crippen LogP contribution in [0.15, 0.2) is 497 Å². The Morgan fingerprint density at radius 1 is 0.0833 bits per heavy atom. The minimum atomic E-state index is 1.09. The fourth-order valence-electron chi connectivity index (χ4n) is 16.8. The average molecular weight is 1530 g/mol. The third-order valence-electron chi connectivity index (χ3n) is 23.3. The highest BCUT2D eigenvalue weighted by atomic mass is 15.1. The van der Waals surface area contributed by atoms with E-state index >= 15 is 0 Å². The molecule has 0 radical (unpaired) electrons. The second kappa shape index (κ2) is 33.2. The van der Waals surface area contributed by atoms with Crippen LogP contribution in [0.4, 0.5) is 34.1 Å². The number of hydrogen-bond donors (Lipinski definition) is 0. The van der Waals surface area contributed by atoms with Crippen molar-refractivity contribution in [3.8, 4) is 122 Å². The van der Waals surface area contributed by atoms with Gasteiger partial charge in [0.25, 0.3) is 0 Å². The van der Waals surface area contributed by atoms with Gasteiger partial charge in [0.1, 0.15) is 0 Å². The van der Waals surface area contributed by atoms with Crippen LogP contribution >= 0.6 is 0 Å². The van der Waals surface area contributed by atoms with Crippen molar-refractivity contribution in [3.63, 3.8) is 0 Å². The maximum absolute atomic E-state index is 2.36. The highest BCUT2D eigenvalue weighted by molar-refractivity contribution is 5.97.